The van der Waals surface area contributed by atoms with Crippen LogP contribution in [-0.4, -0.2) is 28.6 Å². The number of rotatable bonds is 7. The van der Waals surface area contributed by atoms with E-state index < -0.39 is 35.3 Å². The van der Waals surface area contributed by atoms with Crippen molar-refractivity contribution < 1.29 is 24.3 Å². The second-order valence-electron chi connectivity index (χ2n) is 8.01. The second kappa shape index (κ2) is 10.7. The molecule has 0 saturated carbocycles. The summed E-state index contributed by atoms with van der Waals surface area (Å²) in [4.78, 5) is 51.1. The number of hydrogen-bond acceptors (Lipinski definition) is 5. The number of ketones is 1. The van der Waals surface area contributed by atoms with Gasteiger partial charge in [0.2, 0.25) is 11.8 Å². The van der Waals surface area contributed by atoms with E-state index in [9.17, 15) is 24.3 Å². The Hall–Kier alpha value is -4.40. The summed E-state index contributed by atoms with van der Waals surface area (Å²) in [5, 5.41) is 14.2. The molecule has 0 spiro atoms. The van der Waals surface area contributed by atoms with Crippen LogP contribution in [0.25, 0.3) is 0 Å². The lowest BCUT2D eigenvalue weighted by molar-refractivity contribution is -0.117. The van der Waals surface area contributed by atoms with Crippen LogP contribution in [0.5, 0.6) is 0 Å². The van der Waals surface area contributed by atoms with Gasteiger partial charge in [-0.3, -0.25) is 24.1 Å². The number of carbonyl (C=O) groups is 4. The Morgan fingerprint density at radius 2 is 1.62 bits per heavy atom. The largest absolute Gasteiger partial charge is 0.503 e. The average Bonchev–Trinajstić information content (AvgIpc) is 3.13. The first-order valence-electron chi connectivity index (χ1n) is 10.9. The molecule has 1 atom stereocenters. The molecule has 0 saturated heterocycles. The number of anilines is 2. The van der Waals surface area contributed by atoms with Crippen LogP contribution in [0.2, 0.25) is 10.0 Å². The van der Waals surface area contributed by atoms with Gasteiger partial charge in [-0.1, -0.05) is 53.5 Å². The Morgan fingerprint density at radius 1 is 0.919 bits per heavy atom. The molecule has 4 N–H and O–H groups in total. The molecular weight excluding hydrogens is 517 g/mol. The van der Waals surface area contributed by atoms with E-state index in [0.29, 0.717) is 21.3 Å². The number of nitrogens with one attached hydrogen (secondary N) is 1. The van der Waals surface area contributed by atoms with Crippen LogP contribution < -0.4 is 16.0 Å². The standard InChI is InChI=1S/C27H19Cl2N3O5/c28-17-9-7-15(8-10-17)24-23(26(36)27(37)32(24)20-6-2-4-18(29)14-20)25(35)16-3-1-5-19(13-16)31-22(34)12-11-21(30)33/h1-14,24,36H,(H2,30,33)(H,31,34)/b12-11+. The smallest absolute Gasteiger partial charge is 0.294 e. The molecule has 4 rings (SSSR count). The normalized spacial score (nSPS) is 15.4. The minimum Gasteiger partial charge on any atom is -0.503 e. The molecule has 0 aliphatic carbocycles. The number of benzene rings is 3. The molecule has 1 aliphatic rings. The summed E-state index contributed by atoms with van der Waals surface area (Å²) in [6.07, 6.45) is 1.86. The third-order valence-electron chi connectivity index (χ3n) is 5.52. The first-order valence-corrected chi connectivity index (χ1v) is 11.6. The van der Waals surface area contributed by atoms with Crippen molar-refractivity contribution in [1.29, 1.82) is 0 Å². The van der Waals surface area contributed by atoms with Crippen molar-refractivity contribution in [3.63, 3.8) is 0 Å². The van der Waals surface area contributed by atoms with E-state index in [2.05, 4.69) is 5.32 Å². The molecule has 1 unspecified atom stereocenters. The summed E-state index contributed by atoms with van der Waals surface area (Å²) in [5.41, 5.74) is 6.13. The SMILES string of the molecule is NC(=O)/C=C/C(=O)Nc1cccc(C(=O)C2=C(O)C(=O)N(c3cccc(Cl)c3)C2c2ccc(Cl)cc2)c1. The van der Waals surface area contributed by atoms with Crippen LogP contribution in [0.1, 0.15) is 22.0 Å². The van der Waals surface area contributed by atoms with E-state index in [1.54, 1.807) is 48.5 Å². The minimum atomic E-state index is -0.979. The fraction of sp³-hybridized carbons (Fsp3) is 0.0370. The number of halogens is 2. The summed E-state index contributed by atoms with van der Waals surface area (Å²) >= 11 is 12.2. The molecule has 0 bridgehead atoms. The zero-order chi connectivity index (χ0) is 26.7. The number of nitrogens with two attached hydrogens (primary N) is 1. The summed E-state index contributed by atoms with van der Waals surface area (Å²) in [6.45, 7) is 0. The molecule has 0 fully saturated rings. The Kier molecular flexibility index (Phi) is 7.42. The predicted molar refractivity (Wildman–Crippen MR) is 141 cm³/mol. The van der Waals surface area contributed by atoms with Gasteiger partial charge in [0.05, 0.1) is 11.6 Å². The molecule has 0 radical (unpaired) electrons. The van der Waals surface area contributed by atoms with Crippen molar-refractivity contribution in [2.75, 3.05) is 10.2 Å². The monoisotopic (exact) mass is 535 g/mol. The number of hydrogen-bond donors (Lipinski definition) is 3. The van der Waals surface area contributed by atoms with E-state index in [4.69, 9.17) is 28.9 Å². The predicted octanol–water partition coefficient (Wildman–Crippen LogP) is 4.76. The van der Waals surface area contributed by atoms with Gasteiger partial charge in [0.1, 0.15) is 0 Å². The molecule has 10 heteroatoms. The van der Waals surface area contributed by atoms with Crippen LogP contribution >= 0.6 is 23.2 Å². The third-order valence-corrected chi connectivity index (χ3v) is 6.00. The zero-order valence-corrected chi connectivity index (χ0v) is 20.5. The van der Waals surface area contributed by atoms with Gasteiger partial charge in [0, 0.05) is 39.1 Å². The lowest BCUT2D eigenvalue weighted by atomic mass is 9.92. The maximum Gasteiger partial charge on any atom is 0.294 e. The van der Waals surface area contributed by atoms with E-state index in [0.717, 1.165) is 12.2 Å². The molecule has 0 aromatic heterocycles. The highest BCUT2D eigenvalue weighted by molar-refractivity contribution is 6.31. The Balaban J connectivity index is 1.75. The first kappa shape index (κ1) is 25.7. The van der Waals surface area contributed by atoms with Gasteiger partial charge in [-0.25, -0.2) is 0 Å². The zero-order valence-electron chi connectivity index (χ0n) is 19.0. The number of nitrogens with zero attached hydrogens (tertiary/aromatic N) is 1. The van der Waals surface area contributed by atoms with E-state index >= 15 is 0 Å². The number of amides is 3. The first-order chi connectivity index (χ1) is 17.7. The Labute approximate surface area is 221 Å². The van der Waals surface area contributed by atoms with E-state index in [-0.39, 0.29) is 16.8 Å². The van der Waals surface area contributed by atoms with Crippen molar-refractivity contribution in [2.45, 2.75) is 6.04 Å². The van der Waals surface area contributed by atoms with Gasteiger partial charge in [0.25, 0.3) is 5.91 Å². The van der Waals surface area contributed by atoms with Gasteiger partial charge < -0.3 is 16.2 Å². The highest BCUT2D eigenvalue weighted by Crippen LogP contribution is 2.42. The highest BCUT2D eigenvalue weighted by Gasteiger charge is 2.44. The minimum absolute atomic E-state index is 0.109. The average molecular weight is 536 g/mol. The van der Waals surface area contributed by atoms with Gasteiger partial charge >= 0.3 is 0 Å². The van der Waals surface area contributed by atoms with Crippen LogP contribution in [0.15, 0.2) is 96.3 Å². The van der Waals surface area contributed by atoms with Gasteiger partial charge in [-0.2, -0.15) is 0 Å². The maximum atomic E-state index is 13.7. The van der Waals surface area contributed by atoms with Crippen molar-refractivity contribution in [1.82, 2.24) is 0 Å². The Morgan fingerprint density at radius 3 is 2.30 bits per heavy atom. The third kappa shape index (κ3) is 5.55. The lowest BCUT2D eigenvalue weighted by Gasteiger charge is -2.27. The van der Waals surface area contributed by atoms with E-state index in [1.165, 1.54) is 29.2 Å². The van der Waals surface area contributed by atoms with Crippen LogP contribution in [0, 0.1) is 0 Å². The lowest BCUT2D eigenvalue weighted by Crippen LogP contribution is -2.31. The molecule has 1 aliphatic heterocycles. The molecule has 3 aromatic carbocycles. The fourth-order valence-corrected chi connectivity index (χ4v) is 4.24. The van der Waals surface area contributed by atoms with Crippen LogP contribution in [-0.2, 0) is 14.4 Å². The highest BCUT2D eigenvalue weighted by atomic mass is 35.5. The molecule has 3 aromatic rings. The van der Waals surface area contributed by atoms with Crippen molar-refractivity contribution in [3.05, 3.63) is 117 Å². The number of primary amides is 1. The summed E-state index contributed by atoms with van der Waals surface area (Å²) in [6, 6.07) is 18.0. The molecule has 186 valence electrons. The molecule has 8 nitrogen and oxygen atoms in total. The summed E-state index contributed by atoms with van der Waals surface area (Å²) in [7, 11) is 0. The number of aliphatic hydroxyl groups is 1. The quantitative estimate of drug-likeness (QED) is 0.296. The number of Topliss-reactive ketones (excluding diaryl/α,β-unsaturated/α-hetero) is 1. The fourth-order valence-electron chi connectivity index (χ4n) is 3.93. The molecule has 3 amide bonds. The molecule has 37 heavy (non-hydrogen) atoms. The van der Waals surface area contributed by atoms with Crippen molar-refractivity contribution in [2.24, 2.45) is 5.73 Å². The maximum absolute atomic E-state index is 13.7. The summed E-state index contributed by atoms with van der Waals surface area (Å²) in [5.74, 6) is -3.52. The van der Waals surface area contributed by atoms with Gasteiger partial charge in [0.15, 0.2) is 11.5 Å². The van der Waals surface area contributed by atoms with Gasteiger partial charge in [-0.15, -0.1) is 0 Å². The Bertz CT molecular complexity index is 1480. The second-order valence-corrected chi connectivity index (χ2v) is 8.88. The summed E-state index contributed by atoms with van der Waals surface area (Å²) < 4.78 is 0. The van der Waals surface area contributed by atoms with Crippen LogP contribution in [0.4, 0.5) is 11.4 Å². The van der Waals surface area contributed by atoms with Crippen LogP contribution in [0.3, 0.4) is 0 Å². The number of aliphatic hydroxyl groups excluding tert-OH is 1. The van der Waals surface area contributed by atoms with E-state index in [1.807, 2.05) is 0 Å². The molecule has 1 heterocycles. The van der Waals surface area contributed by atoms with Crippen molar-refractivity contribution >= 4 is 58.1 Å². The molecular formula is C27H19Cl2N3O5. The van der Waals surface area contributed by atoms with Gasteiger partial charge in [-0.05, 0) is 48.0 Å². The number of carbonyl (C=O) groups excluding carboxylic acids is 4. The topological polar surface area (TPSA) is 130 Å². The van der Waals surface area contributed by atoms with Crippen molar-refractivity contribution in [3.8, 4) is 0 Å².